The lowest BCUT2D eigenvalue weighted by Crippen LogP contribution is -3.00. The van der Waals surface area contributed by atoms with Crippen LogP contribution in [0.5, 0.6) is 11.5 Å². The molecule has 120 valence electrons. The van der Waals surface area contributed by atoms with Crippen LogP contribution in [-0.2, 0) is 13.1 Å². The van der Waals surface area contributed by atoms with Crippen molar-refractivity contribution in [1.82, 2.24) is 5.32 Å². The van der Waals surface area contributed by atoms with E-state index in [0.717, 1.165) is 30.2 Å². The fraction of sp³-hybridized carbons (Fsp3) is 0.333. The number of nitrogens with one attached hydrogen (secondary N) is 1. The monoisotopic (exact) mass is 320 g/mol. The molecule has 3 nitrogen and oxygen atoms in total. The number of benzene rings is 2. The highest BCUT2D eigenvalue weighted by Crippen LogP contribution is 2.31. The largest absolute Gasteiger partial charge is 1.00 e. The molecule has 4 heteroatoms. The zero-order chi connectivity index (χ0) is 15.1. The summed E-state index contributed by atoms with van der Waals surface area (Å²) in [5.74, 6) is 1.62. The van der Waals surface area contributed by atoms with Gasteiger partial charge in [-0.1, -0.05) is 42.0 Å². The molecule has 0 fully saturated rings. The van der Waals surface area contributed by atoms with Gasteiger partial charge in [0, 0.05) is 18.7 Å². The highest BCUT2D eigenvalue weighted by molar-refractivity contribution is 5.46. The van der Waals surface area contributed by atoms with Gasteiger partial charge < -0.3 is 27.2 Å². The van der Waals surface area contributed by atoms with Crippen molar-refractivity contribution in [3.8, 4) is 11.5 Å². The molecular weight excluding hydrogens is 298 g/mol. The molecule has 22 heavy (non-hydrogen) atoms. The molecule has 0 bridgehead atoms. The van der Waals surface area contributed by atoms with Crippen LogP contribution in [-0.4, -0.2) is 13.7 Å². The molecule has 0 atom stereocenters. The maximum Gasteiger partial charge on any atom is 0.165 e. The summed E-state index contributed by atoms with van der Waals surface area (Å²) in [5.41, 5.74) is 3.68. The maximum atomic E-state index is 5.71. The minimum atomic E-state index is 0. The highest BCUT2D eigenvalue weighted by atomic mass is 35.5. The second kappa shape index (κ2) is 9.34. The smallest absolute Gasteiger partial charge is 0.165 e. The number of ether oxygens (including phenoxy) is 2. The summed E-state index contributed by atoms with van der Waals surface area (Å²) in [4.78, 5) is 0. The summed E-state index contributed by atoms with van der Waals surface area (Å²) in [6.07, 6.45) is 0. The molecule has 0 radical (unpaired) electrons. The van der Waals surface area contributed by atoms with Crippen LogP contribution in [0.25, 0.3) is 0 Å². The van der Waals surface area contributed by atoms with E-state index in [2.05, 4.69) is 42.6 Å². The van der Waals surface area contributed by atoms with Crippen LogP contribution in [0.2, 0.25) is 0 Å². The van der Waals surface area contributed by atoms with E-state index in [1.165, 1.54) is 11.1 Å². The van der Waals surface area contributed by atoms with E-state index in [9.17, 15) is 0 Å². The molecule has 0 saturated carbocycles. The van der Waals surface area contributed by atoms with Gasteiger partial charge in [-0.25, -0.2) is 0 Å². The standard InChI is InChI=1S/C18H23NO2.ClH/c1-4-21-18-16(6-5-7-17(18)20-3)13-19-12-15-10-8-14(2)9-11-15;/h5-11,19H,4,12-13H2,1-3H3;1H/p-1. The third-order valence-electron chi connectivity index (χ3n) is 3.33. The average Bonchev–Trinajstić information content (AvgIpc) is 2.51. The molecule has 0 spiro atoms. The number of hydrogen-bond acceptors (Lipinski definition) is 3. The van der Waals surface area contributed by atoms with E-state index in [1.54, 1.807) is 7.11 Å². The van der Waals surface area contributed by atoms with Gasteiger partial charge in [0.1, 0.15) is 0 Å². The van der Waals surface area contributed by atoms with E-state index in [0.29, 0.717) is 6.61 Å². The zero-order valence-corrected chi connectivity index (χ0v) is 14.1. The molecule has 1 N–H and O–H groups in total. The molecule has 2 rings (SSSR count). The zero-order valence-electron chi connectivity index (χ0n) is 13.4. The van der Waals surface area contributed by atoms with E-state index >= 15 is 0 Å². The number of halogens is 1. The Morgan fingerprint density at radius 3 is 2.36 bits per heavy atom. The number of aryl methyl sites for hydroxylation is 1. The first kappa shape index (κ1) is 18.3. The minimum Gasteiger partial charge on any atom is -1.00 e. The lowest BCUT2D eigenvalue weighted by Gasteiger charge is -2.14. The van der Waals surface area contributed by atoms with Gasteiger partial charge in [0.15, 0.2) is 11.5 Å². The second-order valence-electron chi connectivity index (χ2n) is 4.97. The Kier molecular flexibility index (Phi) is 7.78. The Labute approximate surface area is 139 Å². The molecule has 0 heterocycles. The van der Waals surface area contributed by atoms with Crippen molar-refractivity contribution in [3.05, 3.63) is 59.2 Å². The molecule has 0 amide bonds. The van der Waals surface area contributed by atoms with Gasteiger partial charge in [0.25, 0.3) is 0 Å². The number of rotatable bonds is 7. The van der Waals surface area contributed by atoms with Gasteiger partial charge in [0.05, 0.1) is 13.7 Å². The van der Waals surface area contributed by atoms with Crippen LogP contribution in [0.1, 0.15) is 23.6 Å². The number of hydrogen-bond donors (Lipinski definition) is 1. The summed E-state index contributed by atoms with van der Waals surface area (Å²) in [6.45, 7) is 6.30. The van der Waals surface area contributed by atoms with E-state index in [4.69, 9.17) is 9.47 Å². The van der Waals surface area contributed by atoms with Crippen molar-refractivity contribution >= 4 is 0 Å². The van der Waals surface area contributed by atoms with Crippen LogP contribution in [0.15, 0.2) is 42.5 Å². The van der Waals surface area contributed by atoms with E-state index < -0.39 is 0 Å². The van der Waals surface area contributed by atoms with Gasteiger partial charge in [-0.15, -0.1) is 0 Å². The van der Waals surface area contributed by atoms with Crippen molar-refractivity contribution in [3.63, 3.8) is 0 Å². The summed E-state index contributed by atoms with van der Waals surface area (Å²) in [6, 6.07) is 14.5. The number of methoxy groups -OCH3 is 1. The highest BCUT2D eigenvalue weighted by Gasteiger charge is 2.09. The van der Waals surface area contributed by atoms with Gasteiger partial charge in [-0.3, -0.25) is 0 Å². The van der Waals surface area contributed by atoms with Crippen LogP contribution in [0.4, 0.5) is 0 Å². The molecule has 0 saturated heterocycles. The molecule has 0 aliphatic carbocycles. The van der Waals surface area contributed by atoms with Crippen molar-refractivity contribution in [2.75, 3.05) is 13.7 Å². The second-order valence-corrected chi connectivity index (χ2v) is 4.97. The Morgan fingerprint density at radius 1 is 1.00 bits per heavy atom. The normalized spacial score (nSPS) is 9.95. The van der Waals surface area contributed by atoms with Gasteiger partial charge >= 0.3 is 0 Å². The maximum absolute atomic E-state index is 5.71. The molecular formula is C18H23ClNO2-. The number of para-hydroxylation sites is 1. The Hall–Kier alpha value is -1.71. The van der Waals surface area contributed by atoms with Crippen LogP contribution >= 0.6 is 0 Å². The van der Waals surface area contributed by atoms with Crippen LogP contribution in [0, 0.1) is 6.92 Å². The van der Waals surface area contributed by atoms with E-state index in [1.807, 2.05) is 19.1 Å². The first-order valence-electron chi connectivity index (χ1n) is 7.29. The molecule has 0 unspecified atom stereocenters. The van der Waals surface area contributed by atoms with Crippen LogP contribution in [0.3, 0.4) is 0 Å². The van der Waals surface area contributed by atoms with Gasteiger partial charge in [0.2, 0.25) is 0 Å². The lowest BCUT2D eigenvalue weighted by atomic mass is 10.1. The Balaban J connectivity index is 0.00000242. The quantitative estimate of drug-likeness (QED) is 0.814. The van der Waals surface area contributed by atoms with Crippen LogP contribution < -0.4 is 27.2 Å². The summed E-state index contributed by atoms with van der Waals surface area (Å²) < 4.78 is 11.1. The van der Waals surface area contributed by atoms with Crippen molar-refractivity contribution in [2.24, 2.45) is 0 Å². The third-order valence-corrected chi connectivity index (χ3v) is 3.33. The molecule has 0 aliphatic heterocycles. The summed E-state index contributed by atoms with van der Waals surface area (Å²) in [5, 5.41) is 3.45. The van der Waals surface area contributed by atoms with E-state index in [-0.39, 0.29) is 12.4 Å². The van der Waals surface area contributed by atoms with Gasteiger partial charge in [-0.2, -0.15) is 0 Å². The minimum absolute atomic E-state index is 0. The van der Waals surface area contributed by atoms with Crippen molar-refractivity contribution in [1.29, 1.82) is 0 Å². The first-order chi connectivity index (χ1) is 10.2. The van der Waals surface area contributed by atoms with Crippen molar-refractivity contribution < 1.29 is 21.9 Å². The summed E-state index contributed by atoms with van der Waals surface area (Å²) >= 11 is 0. The fourth-order valence-electron chi connectivity index (χ4n) is 2.22. The SMILES string of the molecule is CCOc1c(CNCc2ccc(C)cc2)cccc1OC.[Cl-]. The topological polar surface area (TPSA) is 30.5 Å². The first-order valence-corrected chi connectivity index (χ1v) is 7.29. The average molecular weight is 321 g/mol. The fourth-order valence-corrected chi connectivity index (χ4v) is 2.22. The van der Waals surface area contributed by atoms with Gasteiger partial charge in [-0.05, 0) is 25.5 Å². The summed E-state index contributed by atoms with van der Waals surface area (Å²) in [7, 11) is 1.67. The van der Waals surface area contributed by atoms with Crippen molar-refractivity contribution in [2.45, 2.75) is 26.9 Å². The third kappa shape index (κ3) is 4.93. The predicted molar refractivity (Wildman–Crippen MR) is 85.9 cm³/mol. The predicted octanol–water partition coefficient (Wildman–Crippen LogP) is 0.696. The molecule has 0 aromatic heterocycles. The molecule has 2 aromatic carbocycles. The Morgan fingerprint density at radius 2 is 1.73 bits per heavy atom. The molecule has 2 aromatic rings. The molecule has 0 aliphatic rings. The lowest BCUT2D eigenvalue weighted by molar-refractivity contribution is -0.00000513. The Bertz CT molecular complexity index is 570.